The number of thiophene rings is 1. The normalized spacial score (nSPS) is 22.0. The summed E-state index contributed by atoms with van der Waals surface area (Å²) < 4.78 is 0. The molecule has 1 atom stereocenters. The van der Waals surface area contributed by atoms with Crippen molar-refractivity contribution in [3.8, 4) is 6.07 Å². The van der Waals surface area contributed by atoms with E-state index in [0.717, 1.165) is 50.1 Å². The zero-order valence-electron chi connectivity index (χ0n) is 12.2. The molecule has 4 nitrogen and oxygen atoms in total. The highest BCUT2D eigenvalue weighted by Gasteiger charge is 2.25. The summed E-state index contributed by atoms with van der Waals surface area (Å²) in [5, 5.41) is 16.5. The van der Waals surface area contributed by atoms with Gasteiger partial charge >= 0.3 is 0 Å². The van der Waals surface area contributed by atoms with Crippen molar-refractivity contribution in [2.75, 3.05) is 11.9 Å². The van der Waals surface area contributed by atoms with Gasteiger partial charge in [-0.25, -0.2) is 0 Å². The van der Waals surface area contributed by atoms with Gasteiger partial charge in [-0.05, 0) is 50.6 Å². The van der Waals surface area contributed by atoms with E-state index in [4.69, 9.17) is 0 Å². The fourth-order valence-electron chi connectivity index (χ4n) is 3.22. The number of fused-ring (bicyclic) bond motifs is 1. The first-order valence-electron chi connectivity index (χ1n) is 7.88. The lowest BCUT2D eigenvalue weighted by molar-refractivity contribution is -0.118. The highest BCUT2D eigenvalue weighted by molar-refractivity contribution is 7.16. The van der Waals surface area contributed by atoms with Crippen LogP contribution in [-0.2, 0) is 17.6 Å². The number of nitrogens with one attached hydrogen (secondary N) is 2. The van der Waals surface area contributed by atoms with Gasteiger partial charge in [-0.15, -0.1) is 11.3 Å². The Morgan fingerprint density at radius 3 is 2.86 bits per heavy atom. The first-order valence-corrected chi connectivity index (χ1v) is 8.70. The third kappa shape index (κ3) is 3.12. The van der Waals surface area contributed by atoms with E-state index in [9.17, 15) is 10.1 Å². The standard InChI is InChI=1S/C16H21N3OS/c17-10-12-11-6-2-1-3-8-14(11)21-16(12)19-15(20)13-7-4-5-9-18-13/h13,18H,1-9H2,(H,19,20)/t13-/m1/s1. The van der Waals surface area contributed by atoms with Crippen molar-refractivity contribution < 1.29 is 4.79 Å². The van der Waals surface area contributed by atoms with Crippen LogP contribution in [0.3, 0.4) is 0 Å². The summed E-state index contributed by atoms with van der Waals surface area (Å²) in [5.41, 5.74) is 1.90. The van der Waals surface area contributed by atoms with Gasteiger partial charge in [-0.2, -0.15) is 5.26 Å². The van der Waals surface area contributed by atoms with Gasteiger partial charge in [0.15, 0.2) is 0 Å². The van der Waals surface area contributed by atoms with Gasteiger partial charge in [0, 0.05) is 4.88 Å². The molecule has 1 amide bonds. The molecule has 0 saturated carbocycles. The first kappa shape index (κ1) is 14.6. The van der Waals surface area contributed by atoms with E-state index in [1.54, 1.807) is 11.3 Å². The van der Waals surface area contributed by atoms with Gasteiger partial charge in [-0.3, -0.25) is 4.79 Å². The average Bonchev–Trinajstić information content (AvgIpc) is 2.68. The molecule has 0 aromatic carbocycles. The summed E-state index contributed by atoms with van der Waals surface area (Å²) in [7, 11) is 0. The second kappa shape index (κ2) is 6.59. The maximum atomic E-state index is 12.3. The second-order valence-electron chi connectivity index (χ2n) is 5.87. The molecule has 3 rings (SSSR count). The highest BCUT2D eigenvalue weighted by Crippen LogP contribution is 2.37. The Hall–Kier alpha value is -1.38. The molecule has 112 valence electrons. The predicted molar refractivity (Wildman–Crippen MR) is 84.6 cm³/mol. The van der Waals surface area contributed by atoms with Crippen molar-refractivity contribution in [3.63, 3.8) is 0 Å². The van der Waals surface area contributed by atoms with Crippen LogP contribution in [0.25, 0.3) is 0 Å². The first-order chi connectivity index (χ1) is 10.3. The molecule has 1 aliphatic heterocycles. The Kier molecular flexibility index (Phi) is 4.57. The van der Waals surface area contributed by atoms with Crippen molar-refractivity contribution in [3.05, 3.63) is 16.0 Å². The predicted octanol–water partition coefficient (Wildman–Crippen LogP) is 2.97. The van der Waals surface area contributed by atoms with Crippen LogP contribution in [0.2, 0.25) is 0 Å². The van der Waals surface area contributed by atoms with Crippen LogP contribution in [0.1, 0.15) is 54.5 Å². The Balaban J connectivity index is 1.79. The molecule has 1 saturated heterocycles. The molecule has 2 aliphatic rings. The Morgan fingerprint density at radius 1 is 1.24 bits per heavy atom. The largest absolute Gasteiger partial charge is 0.315 e. The Morgan fingerprint density at radius 2 is 2.10 bits per heavy atom. The highest BCUT2D eigenvalue weighted by atomic mass is 32.1. The number of piperidine rings is 1. The third-order valence-electron chi connectivity index (χ3n) is 4.40. The number of nitriles is 1. The minimum absolute atomic E-state index is 0.0163. The molecule has 21 heavy (non-hydrogen) atoms. The zero-order valence-corrected chi connectivity index (χ0v) is 13.0. The van der Waals surface area contributed by atoms with E-state index in [2.05, 4.69) is 16.7 Å². The van der Waals surface area contributed by atoms with Crippen LogP contribution in [0, 0.1) is 11.3 Å². The van der Waals surface area contributed by atoms with Gasteiger partial charge in [0.2, 0.25) is 5.91 Å². The maximum Gasteiger partial charge on any atom is 0.242 e. The van der Waals surface area contributed by atoms with Gasteiger partial charge in [-0.1, -0.05) is 12.8 Å². The van der Waals surface area contributed by atoms with Crippen LogP contribution >= 0.6 is 11.3 Å². The van der Waals surface area contributed by atoms with Gasteiger partial charge in [0.25, 0.3) is 0 Å². The molecule has 0 unspecified atom stereocenters. The monoisotopic (exact) mass is 303 g/mol. The molecule has 2 heterocycles. The molecule has 1 aromatic rings. The van der Waals surface area contributed by atoms with E-state index in [1.807, 2.05) is 0 Å². The van der Waals surface area contributed by atoms with E-state index >= 15 is 0 Å². The fraction of sp³-hybridized carbons (Fsp3) is 0.625. The number of carbonyl (C=O) groups excluding carboxylic acids is 1. The number of aryl methyl sites for hydroxylation is 1. The third-order valence-corrected chi connectivity index (χ3v) is 5.60. The molecular weight excluding hydrogens is 282 g/mol. The summed E-state index contributed by atoms with van der Waals surface area (Å²) in [5.74, 6) is 0.0163. The maximum absolute atomic E-state index is 12.3. The lowest BCUT2D eigenvalue weighted by atomic mass is 10.0. The molecule has 0 spiro atoms. The topological polar surface area (TPSA) is 64.9 Å². The number of carbonyl (C=O) groups is 1. The molecular formula is C16H21N3OS. The van der Waals surface area contributed by atoms with Crippen LogP contribution in [-0.4, -0.2) is 18.5 Å². The number of hydrogen-bond acceptors (Lipinski definition) is 4. The van der Waals surface area contributed by atoms with Gasteiger partial charge in [0.05, 0.1) is 11.6 Å². The Bertz CT molecular complexity index is 567. The van der Waals surface area contributed by atoms with Crippen LogP contribution in [0.5, 0.6) is 0 Å². The minimum Gasteiger partial charge on any atom is -0.315 e. The van der Waals surface area contributed by atoms with Crippen molar-refractivity contribution in [2.24, 2.45) is 0 Å². The zero-order chi connectivity index (χ0) is 14.7. The van der Waals surface area contributed by atoms with Gasteiger partial charge < -0.3 is 10.6 Å². The molecule has 2 N–H and O–H groups in total. The fourth-order valence-corrected chi connectivity index (χ4v) is 4.47. The van der Waals surface area contributed by atoms with Crippen molar-refractivity contribution in [2.45, 2.75) is 57.4 Å². The van der Waals surface area contributed by atoms with Crippen LogP contribution in [0.15, 0.2) is 0 Å². The average molecular weight is 303 g/mol. The molecule has 1 fully saturated rings. The Labute approximate surface area is 129 Å². The van der Waals surface area contributed by atoms with Crippen molar-refractivity contribution in [1.82, 2.24) is 5.32 Å². The number of anilines is 1. The van der Waals surface area contributed by atoms with E-state index in [-0.39, 0.29) is 11.9 Å². The van der Waals surface area contributed by atoms with Crippen LogP contribution < -0.4 is 10.6 Å². The quantitative estimate of drug-likeness (QED) is 0.826. The molecule has 1 aromatic heterocycles. The summed E-state index contributed by atoms with van der Waals surface area (Å²) in [6.07, 6.45) is 8.72. The SMILES string of the molecule is N#Cc1c(NC(=O)[C@H]2CCCCN2)sc2c1CCCCC2. The van der Waals surface area contributed by atoms with E-state index in [1.165, 1.54) is 23.3 Å². The summed E-state index contributed by atoms with van der Waals surface area (Å²) in [6, 6.07) is 2.21. The number of hydrogen-bond donors (Lipinski definition) is 2. The molecule has 0 radical (unpaired) electrons. The smallest absolute Gasteiger partial charge is 0.242 e. The lowest BCUT2D eigenvalue weighted by Crippen LogP contribution is -2.43. The number of rotatable bonds is 2. The van der Waals surface area contributed by atoms with E-state index < -0.39 is 0 Å². The van der Waals surface area contributed by atoms with Crippen molar-refractivity contribution in [1.29, 1.82) is 5.26 Å². The second-order valence-corrected chi connectivity index (χ2v) is 6.98. The van der Waals surface area contributed by atoms with Crippen LogP contribution in [0.4, 0.5) is 5.00 Å². The molecule has 5 heteroatoms. The number of nitrogens with zero attached hydrogens (tertiary/aromatic N) is 1. The summed E-state index contributed by atoms with van der Waals surface area (Å²) in [6.45, 7) is 0.907. The minimum atomic E-state index is -0.104. The molecule has 1 aliphatic carbocycles. The number of amides is 1. The summed E-state index contributed by atoms with van der Waals surface area (Å²) >= 11 is 1.61. The van der Waals surface area contributed by atoms with Gasteiger partial charge in [0.1, 0.15) is 11.1 Å². The lowest BCUT2D eigenvalue weighted by Gasteiger charge is -2.22. The van der Waals surface area contributed by atoms with Crippen molar-refractivity contribution >= 4 is 22.2 Å². The summed E-state index contributed by atoms with van der Waals surface area (Å²) in [4.78, 5) is 13.6. The van der Waals surface area contributed by atoms with E-state index in [0.29, 0.717) is 5.56 Å². The molecule has 0 bridgehead atoms.